The zero-order valence-corrected chi connectivity index (χ0v) is 14.7. The highest BCUT2D eigenvalue weighted by Crippen LogP contribution is 2.30. The van der Waals surface area contributed by atoms with E-state index in [2.05, 4.69) is 9.72 Å². The van der Waals surface area contributed by atoms with E-state index in [0.717, 1.165) is 4.88 Å². The maximum atomic E-state index is 11.6. The third-order valence-electron chi connectivity index (χ3n) is 3.57. The zero-order valence-electron chi connectivity index (χ0n) is 13.9. The maximum absolute atomic E-state index is 11.6. The fourth-order valence-corrected chi connectivity index (χ4v) is 2.89. The average Bonchev–Trinajstić information content (AvgIpc) is 3.28. The van der Waals surface area contributed by atoms with Crippen molar-refractivity contribution in [3.05, 3.63) is 62.8 Å². The van der Waals surface area contributed by atoms with Crippen LogP contribution in [0.15, 0.2) is 40.1 Å². The van der Waals surface area contributed by atoms with Crippen LogP contribution in [0, 0.1) is 17.0 Å². The van der Waals surface area contributed by atoms with Gasteiger partial charge in [0.25, 0.3) is 0 Å². The molecule has 0 aliphatic carbocycles. The monoisotopic (exact) mass is 374 g/mol. The average molecular weight is 374 g/mol. The van der Waals surface area contributed by atoms with Crippen molar-refractivity contribution in [2.75, 3.05) is 7.11 Å². The van der Waals surface area contributed by atoms with Crippen LogP contribution in [-0.2, 0) is 11.3 Å². The van der Waals surface area contributed by atoms with Crippen LogP contribution in [0.2, 0.25) is 0 Å². The van der Waals surface area contributed by atoms with Gasteiger partial charge in [0.1, 0.15) is 18.1 Å². The molecule has 2 heterocycles. The molecular formula is C17H14N2O6S. The molecule has 2 aromatic heterocycles. The van der Waals surface area contributed by atoms with Crippen molar-refractivity contribution >= 4 is 23.0 Å². The number of carbonyl (C=O) groups is 1. The van der Waals surface area contributed by atoms with Gasteiger partial charge in [-0.1, -0.05) is 6.07 Å². The summed E-state index contributed by atoms with van der Waals surface area (Å²) in [5.41, 5.74) is 0.424. The molecule has 0 bridgehead atoms. The Balaban J connectivity index is 1.85. The Bertz CT molecular complexity index is 948. The molecule has 0 saturated heterocycles. The fraction of sp³-hybridized carbons (Fsp3) is 0.176. The van der Waals surface area contributed by atoms with Crippen molar-refractivity contribution in [1.29, 1.82) is 0 Å². The topological polar surface area (TPSA) is 105 Å². The molecule has 0 N–H and O–H groups in total. The number of hydrogen-bond donors (Lipinski definition) is 0. The summed E-state index contributed by atoms with van der Waals surface area (Å²) in [6, 6.07) is 7.56. The molecule has 0 fully saturated rings. The molecular weight excluding hydrogens is 360 g/mol. The van der Waals surface area contributed by atoms with Crippen molar-refractivity contribution in [3.8, 4) is 16.5 Å². The van der Waals surface area contributed by atoms with Crippen LogP contribution in [0.4, 0.5) is 5.69 Å². The van der Waals surface area contributed by atoms with Crippen LogP contribution in [0.3, 0.4) is 0 Å². The molecule has 1 aromatic carbocycles. The quantitative estimate of drug-likeness (QED) is 0.365. The van der Waals surface area contributed by atoms with Gasteiger partial charge < -0.3 is 13.9 Å². The van der Waals surface area contributed by atoms with E-state index in [1.165, 1.54) is 36.6 Å². The number of nitrogens with zero attached hydrogens (tertiary/aromatic N) is 2. The Morgan fingerprint density at radius 2 is 2.19 bits per heavy atom. The summed E-state index contributed by atoms with van der Waals surface area (Å²) in [5, 5.41) is 13.1. The van der Waals surface area contributed by atoms with E-state index in [0.29, 0.717) is 17.3 Å². The molecule has 134 valence electrons. The number of carbonyl (C=O) groups excluding carboxylic acids is 1. The smallest absolute Gasteiger partial charge is 0.337 e. The van der Waals surface area contributed by atoms with Crippen molar-refractivity contribution in [2.45, 2.75) is 13.5 Å². The van der Waals surface area contributed by atoms with Crippen LogP contribution in [0.1, 0.15) is 21.8 Å². The largest absolute Gasteiger partial charge is 0.480 e. The molecule has 0 unspecified atom stereocenters. The number of ether oxygens (including phenoxy) is 2. The Hall–Kier alpha value is -3.20. The lowest BCUT2D eigenvalue weighted by molar-refractivity contribution is -0.386. The van der Waals surface area contributed by atoms with E-state index >= 15 is 0 Å². The lowest BCUT2D eigenvalue weighted by atomic mass is 10.2. The molecule has 26 heavy (non-hydrogen) atoms. The summed E-state index contributed by atoms with van der Waals surface area (Å²) >= 11 is 1.49. The highest BCUT2D eigenvalue weighted by molar-refractivity contribution is 7.13. The van der Waals surface area contributed by atoms with E-state index in [1.807, 2.05) is 17.5 Å². The molecule has 0 atom stereocenters. The SMILES string of the molecule is COC(=O)c1ccc([N+](=O)[O-])c(OCc2nc(-c3cccs3)oc2C)c1. The molecule has 3 aromatic rings. The van der Waals surface area contributed by atoms with Gasteiger partial charge in [-0.15, -0.1) is 11.3 Å². The summed E-state index contributed by atoms with van der Waals surface area (Å²) in [5.74, 6) is 0.370. The minimum absolute atomic E-state index is 0.0355. The number of nitro groups is 1. The normalized spacial score (nSPS) is 10.5. The minimum Gasteiger partial charge on any atom is -0.480 e. The van der Waals surface area contributed by atoms with Crippen molar-refractivity contribution in [3.63, 3.8) is 0 Å². The van der Waals surface area contributed by atoms with Gasteiger partial charge in [-0.2, -0.15) is 0 Å². The number of methoxy groups -OCH3 is 1. The molecule has 0 amide bonds. The van der Waals surface area contributed by atoms with Crippen LogP contribution in [0.5, 0.6) is 5.75 Å². The maximum Gasteiger partial charge on any atom is 0.337 e. The van der Waals surface area contributed by atoms with Crippen LogP contribution in [0.25, 0.3) is 10.8 Å². The lowest BCUT2D eigenvalue weighted by Crippen LogP contribution is -2.05. The van der Waals surface area contributed by atoms with Crippen molar-refractivity contribution in [1.82, 2.24) is 4.98 Å². The Kier molecular flexibility index (Phi) is 4.99. The summed E-state index contributed by atoms with van der Waals surface area (Å²) < 4.78 is 15.8. The summed E-state index contributed by atoms with van der Waals surface area (Å²) in [7, 11) is 1.23. The predicted molar refractivity (Wildman–Crippen MR) is 93.3 cm³/mol. The molecule has 0 radical (unpaired) electrons. The third kappa shape index (κ3) is 3.57. The van der Waals surface area contributed by atoms with Gasteiger partial charge in [0, 0.05) is 12.1 Å². The summed E-state index contributed by atoms with van der Waals surface area (Å²) in [4.78, 5) is 27.5. The first-order valence-electron chi connectivity index (χ1n) is 7.49. The molecule has 9 heteroatoms. The Morgan fingerprint density at radius 3 is 2.85 bits per heavy atom. The molecule has 0 aliphatic rings. The third-order valence-corrected chi connectivity index (χ3v) is 4.42. The van der Waals surface area contributed by atoms with Gasteiger partial charge in [0.15, 0.2) is 5.75 Å². The number of aromatic nitrogens is 1. The number of thiophene rings is 1. The first kappa shape index (κ1) is 17.6. The van der Waals surface area contributed by atoms with E-state index in [9.17, 15) is 14.9 Å². The molecule has 3 rings (SSSR count). The van der Waals surface area contributed by atoms with Crippen LogP contribution >= 0.6 is 11.3 Å². The highest BCUT2D eigenvalue weighted by atomic mass is 32.1. The molecule has 0 spiro atoms. The second-order valence-electron chi connectivity index (χ2n) is 5.22. The number of oxazole rings is 1. The van der Waals surface area contributed by atoms with Crippen LogP contribution < -0.4 is 4.74 Å². The zero-order chi connectivity index (χ0) is 18.7. The Morgan fingerprint density at radius 1 is 1.38 bits per heavy atom. The molecule has 0 aliphatic heterocycles. The first-order chi connectivity index (χ1) is 12.5. The number of rotatable bonds is 6. The van der Waals surface area contributed by atoms with E-state index < -0.39 is 10.9 Å². The number of esters is 1. The van der Waals surface area contributed by atoms with Gasteiger partial charge in [0.05, 0.1) is 22.5 Å². The highest BCUT2D eigenvalue weighted by Gasteiger charge is 2.20. The van der Waals surface area contributed by atoms with Crippen LogP contribution in [-0.4, -0.2) is 23.0 Å². The molecule has 0 saturated carbocycles. The predicted octanol–water partition coefficient (Wildman–Crippen LogP) is 3.99. The Labute approximate surface area is 152 Å². The fourth-order valence-electron chi connectivity index (χ4n) is 2.24. The minimum atomic E-state index is -0.609. The van der Waals surface area contributed by atoms with Crippen molar-refractivity contribution in [2.24, 2.45) is 0 Å². The second kappa shape index (κ2) is 7.36. The number of aryl methyl sites for hydroxylation is 1. The van der Waals surface area contributed by atoms with Gasteiger partial charge in [0.2, 0.25) is 5.89 Å². The number of hydrogen-bond acceptors (Lipinski definition) is 8. The lowest BCUT2D eigenvalue weighted by Gasteiger charge is -2.07. The van der Waals surface area contributed by atoms with E-state index in [1.54, 1.807) is 6.92 Å². The first-order valence-corrected chi connectivity index (χ1v) is 8.37. The van der Waals surface area contributed by atoms with Gasteiger partial charge >= 0.3 is 11.7 Å². The summed E-state index contributed by atoms with van der Waals surface area (Å²) in [6.07, 6.45) is 0. The molecule has 8 nitrogen and oxygen atoms in total. The number of benzene rings is 1. The van der Waals surface area contributed by atoms with Gasteiger partial charge in [-0.25, -0.2) is 9.78 Å². The number of nitro benzene ring substituents is 1. The van der Waals surface area contributed by atoms with Crippen molar-refractivity contribution < 1.29 is 23.6 Å². The van der Waals surface area contributed by atoms with E-state index in [-0.39, 0.29) is 23.6 Å². The summed E-state index contributed by atoms with van der Waals surface area (Å²) in [6.45, 7) is 1.70. The van der Waals surface area contributed by atoms with Gasteiger partial charge in [-0.3, -0.25) is 10.1 Å². The van der Waals surface area contributed by atoms with E-state index in [4.69, 9.17) is 9.15 Å². The van der Waals surface area contributed by atoms with Gasteiger partial charge in [-0.05, 0) is 24.4 Å². The standard InChI is InChI=1S/C17H14N2O6S/c1-10-12(18-16(25-10)15-4-3-7-26-15)9-24-14-8-11(17(20)23-2)5-6-13(14)19(21)22/h3-8H,9H2,1-2H3. The second-order valence-corrected chi connectivity index (χ2v) is 6.17.